The molecule has 0 aliphatic heterocycles. The lowest BCUT2D eigenvalue weighted by atomic mass is 10.1. The Morgan fingerprint density at radius 2 is 1.74 bits per heavy atom. The Morgan fingerprint density at radius 1 is 1.06 bits per heavy atom. The fourth-order valence-corrected chi connectivity index (χ4v) is 4.09. The van der Waals surface area contributed by atoms with Gasteiger partial charge in [-0.2, -0.15) is 0 Å². The second-order valence-corrected chi connectivity index (χ2v) is 8.80. The zero-order chi connectivity index (χ0) is 22.6. The molecule has 0 radical (unpaired) electrons. The number of thioether (sulfide) groups is 1. The van der Waals surface area contributed by atoms with E-state index in [4.69, 9.17) is 0 Å². The maximum Gasteiger partial charge on any atom is 0.242 e. The smallest absolute Gasteiger partial charge is 0.242 e. The average Bonchev–Trinajstić information content (AvgIpc) is 2.76. The fourth-order valence-electron chi connectivity index (χ4n) is 3.25. The van der Waals surface area contributed by atoms with E-state index in [1.54, 1.807) is 28.8 Å². The van der Waals surface area contributed by atoms with E-state index in [2.05, 4.69) is 36.5 Å². The lowest BCUT2D eigenvalue weighted by Gasteiger charge is -2.30. The predicted octanol–water partition coefficient (Wildman–Crippen LogP) is 5.34. The Morgan fingerprint density at radius 3 is 2.35 bits per heavy atom. The molecule has 2 amide bonds. The second kappa shape index (κ2) is 13.2. The van der Waals surface area contributed by atoms with Crippen LogP contribution in [0.4, 0.5) is 4.39 Å². The van der Waals surface area contributed by atoms with Crippen molar-refractivity contribution in [3.05, 3.63) is 65.5 Å². The summed E-state index contributed by atoms with van der Waals surface area (Å²) >= 11 is 1.63. The molecule has 0 aliphatic carbocycles. The van der Waals surface area contributed by atoms with Crippen LogP contribution in [-0.2, 0) is 16.1 Å². The van der Waals surface area contributed by atoms with Crippen molar-refractivity contribution in [3.8, 4) is 0 Å². The number of rotatable bonds is 12. The van der Waals surface area contributed by atoms with Crippen LogP contribution in [0, 0.1) is 12.7 Å². The van der Waals surface area contributed by atoms with Crippen molar-refractivity contribution >= 4 is 23.6 Å². The molecule has 1 N–H and O–H groups in total. The Balaban J connectivity index is 2.08. The van der Waals surface area contributed by atoms with E-state index in [9.17, 15) is 14.0 Å². The number of nitrogens with zero attached hydrogens (tertiary/aromatic N) is 1. The van der Waals surface area contributed by atoms with Crippen LogP contribution in [0.25, 0.3) is 0 Å². The summed E-state index contributed by atoms with van der Waals surface area (Å²) in [7, 11) is 0. The van der Waals surface area contributed by atoms with Gasteiger partial charge in [-0.15, -0.1) is 11.8 Å². The van der Waals surface area contributed by atoms with Crippen LogP contribution < -0.4 is 5.32 Å². The summed E-state index contributed by atoms with van der Waals surface area (Å²) < 4.78 is 13.3. The van der Waals surface area contributed by atoms with Crippen molar-refractivity contribution in [2.45, 2.75) is 63.9 Å². The first-order chi connectivity index (χ1) is 14.9. The summed E-state index contributed by atoms with van der Waals surface area (Å²) in [4.78, 5) is 28.7. The summed E-state index contributed by atoms with van der Waals surface area (Å²) in [5.41, 5.74) is 2.01. The molecule has 0 aromatic heterocycles. The molecule has 0 aliphatic rings. The normalized spacial score (nSPS) is 11.7. The van der Waals surface area contributed by atoms with Gasteiger partial charge >= 0.3 is 0 Å². The highest BCUT2D eigenvalue weighted by molar-refractivity contribution is 7.99. The maximum atomic E-state index is 13.3. The van der Waals surface area contributed by atoms with E-state index in [0.29, 0.717) is 25.1 Å². The van der Waals surface area contributed by atoms with Gasteiger partial charge in [0.1, 0.15) is 11.9 Å². The van der Waals surface area contributed by atoms with Crippen molar-refractivity contribution in [1.82, 2.24) is 10.2 Å². The Kier molecular flexibility index (Phi) is 10.6. The molecule has 0 saturated heterocycles. The highest BCUT2D eigenvalue weighted by Gasteiger charge is 2.28. The molecule has 2 aromatic rings. The average molecular weight is 445 g/mol. The first-order valence-corrected chi connectivity index (χ1v) is 11.9. The van der Waals surface area contributed by atoms with Gasteiger partial charge in [-0.3, -0.25) is 9.59 Å². The zero-order valence-corrected chi connectivity index (χ0v) is 19.5. The highest BCUT2D eigenvalue weighted by atomic mass is 32.2. The summed E-state index contributed by atoms with van der Waals surface area (Å²) in [5, 5.41) is 2.95. The number of benzene rings is 2. The minimum absolute atomic E-state index is 0.0681. The van der Waals surface area contributed by atoms with Gasteiger partial charge < -0.3 is 10.2 Å². The summed E-state index contributed by atoms with van der Waals surface area (Å²) in [6.45, 7) is 6.92. The number of hydrogen-bond donors (Lipinski definition) is 1. The molecule has 0 fully saturated rings. The molecule has 4 nitrogen and oxygen atoms in total. The lowest BCUT2D eigenvalue weighted by molar-refractivity contribution is -0.141. The van der Waals surface area contributed by atoms with Crippen LogP contribution in [0.3, 0.4) is 0 Å². The number of amides is 2. The van der Waals surface area contributed by atoms with Crippen molar-refractivity contribution in [2.24, 2.45) is 0 Å². The third kappa shape index (κ3) is 8.37. The van der Waals surface area contributed by atoms with E-state index in [1.807, 2.05) is 13.8 Å². The van der Waals surface area contributed by atoms with Crippen LogP contribution in [-0.4, -0.2) is 35.1 Å². The van der Waals surface area contributed by atoms with Gasteiger partial charge in [-0.05, 0) is 49.6 Å². The Hall–Kier alpha value is -2.34. The molecule has 0 bridgehead atoms. The van der Waals surface area contributed by atoms with Crippen molar-refractivity contribution < 1.29 is 14.0 Å². The lowest BCUT2D eigenvalue weighted by Crippen LogP contribution is -2.49. The molecule has 2 aromatic carbocycles. The quantitative estimate of drug-likeness (QED) is 0.355. The van der Waals surface area contributed by atoms with Gasteiger partial charge in [0.15, 0.2) is 0 Å². The van der Waals surface area contributed by atoms with Crippen LogP contribution in [0.1, 0.15) is 50.7 Å². The molecular formula is C25H33FN2O2S. The SMILES string of the molecule is CCCCNC(=O)C(CC)N(Cc1ccc(F)cc1)C(=O)CCSc1ccc(C)cc1. The van der Waals surface area contributed by atoms with Crippen molar-refractivity contribution in [3.63, 3.8) is 0 Å². The van der Waals surface area contributed by atoms with Gasteiger partial charge in [0.25, 0.3) is 0 Å². The summed E-state index contributed by atoms with van der Waals surface area (Å²) in [5.74, 6) is 0.120. The number of aryl methyl sites for hydroxylation is 1. The second-order valence-electron chi connectivity index (χ2n) is 7.63. The maximum absolute atomic E-state index is 13.3. The van der Waals surface area contributed by atoms with Gasteiger partial charge in [-0.25, -0.2) is 4.39 Å². The van der Waals surface area contributed by atoms with Gasteiger partial charge in [0.05, 0.1) is 0 Å². The summed E-state index contributed by atoms with van der Waals surface area (Å²) in [6.07, 6.45) is 2.75. The third-order valence-electron chi connectivity index (χ3n) is 5.09. The molecular weight excluding hydrogens is 411 g/mol. The molecule has 6 heteroatoms. The highest BCUT2D eigenvalue weighted by Crippen LogP contribution is 2.21. The molecule has 1 atom stereocenters. The van der Waals surface area contributed by atoms with E-state index in [-0.39, 0.29) is 24.2 Å². The number of hydrogen-bond acceptors (Lipinski definition) is 3. The number of carbonyl (C=O) groups excluding carboxylic acids is 2. The minimum atomic E-state index is -0.543. The third-order valence-corrected chi connectivity index (χ3v) is 6.10. The standard InChI is InChI=1S/C25H33FN2O2S/c1-4-6-16-27-25(30)23(5-2)28(18-20-9-11-21(26)12-10-20)24(29)15-17-31-22-13-7-19(3)8-14-22/h7-14,23H,4-6,15-18H2,1-3H3,(H,27,30). The van der Waals surface area contributed by atoms with Gasteiger partial charge in [-0.1, -0.05) is 50.1 Å². The first kappa shape index (κ1) is 24.9. The molecule has 0 saturated carbocycles. The van der Waals surface area contributed by atoms with E-state index in [1.165, 1.54) is 17.7 Å². The van der Waals surface area contributed by atoms with Gasteiger partial charge in [0.2, 0.25) is 11.8 Å². The molecule has 168 valence electrons. The predicted molar refractivity (Wildman–Crippen MR) is 125 cm³/mol. The van der Waals surface area contributed by atoms with E-state index >= 15 is 0 Å². The molecule has 2 rings (SSSR count). The fraction of sp³-hybridized carbons (Fsp3) is 0.440. The zero-order valence-electron chi connectivity index (χ0n) is 18.7. The van der Waals surface area contributed by atoms with Crippen LogP contribution in [0.15, 0.2) is 53.4 Å². The van der Waals surface area contributed by atoms with Crippen LogP contribution in [0.2, 0.25) is 0 Å². The Bertz CT molecular complexity index is 824. The van der Waals surface area contributed by atoms with Crippen molar-refractivity contribution in [2.75, 3.05) is 12.3 Å². The van der Waals surface area contributed by atoms with Crippen LogP contribution in [0.5, 0.6) is 0 Å². The number of carbonyl (C=O) groups is 2. The van der Waals surface area contributed by atoms with Crippen molar-refractivity contribution in [1.29, 1.82) is 0 Å². The first-order valence-electron chi connectivity index (χ1n) is 11.0. The Labute approximate surface area is 189 Å². The van der Waals surface area contributed by atoms with E-state index < -0.39 is 6.04 Å². The van der Waals surface area contributed by atoms with E-state index in [0.717, 1.165) is 23.3 Å². The monoisotopic (exact) mass is 444 g/mol. The topological polar surface area (TPSA) is 49.4 Å². The molecule has 1 unspecified atom stereocenters. The number of unbranched alkanes of at least 4 members (excludes halogenated alkanes) is 1. The minimum Gasteiger partial charge on any atom is -0.354 e. The number of nitrogens with one attached hydrogen (secondary N) is 1. The largest absolute Gasteiger partial charge is 0.354 e. The molecule has 0 heterocycles. The summed E-state index contributed by atoms with van der Waals surface area (Å²) in [6, 6.07) is 13.8. The van der Waals surface area contributed by atoms with Crippen LogP contribution >= 0.6 is 11.8 Å². The molecule has 0 spiro atoms. The molecule has 31 heavy (non-hydrogen) atoms. The van der Waals surface area contributed by atoms with Gasteiger partial charge in [0, 0.05) is 30.2 Å². The number of halogens is 1.